The minimum absolute atomic E-state index is 0.0121. The summed E-state index contributed by atoms with van der Waals surface area (Å²) in [5.41, 5.74) is 0. The van der Waals surface area contributed by atoms with Crippen LogP contribution < -0.4 is 5.32 Å². The maximum absolute atomic E-state index is 12.0. The van der Waals surface area contributed by atoms with Crippen LogP contribution in [0.25, 0.3) is 0 Å². The lowest BCUT2D eigenvalue weighted by Gasteiger charge is -2.23. The number of hydrogen-bond acceptors (Lipinski definition) is 6. The molecule has 0 bridgehead atoms. The van der Waals surface area contributed by atoms with Gasteiger partial charge in [-0.25, -0.2) is 9.59 Å². The molecule has 1 aliphatic heterocycles. The molecule has 1 fully saturated rings. The van der Waals surface area contributed by atoms with Crippen molar-refractivity contribution in [3.05, 3.63) is 5.82 Å². The highest BCUT2D eigenvalue weighted by Crippen LogP contribution is 2.19. The van der Waals surface area contributed by atoms with Gasteiger partial charge in [0.05, 0.1) is 12.1 Å². The lowest BCUT2D eigenvalue weighted by atomic mass is 10.2. The van der Waals surface area contributed by atoms with Gasteiger partial charge in [0.1, 0.15) is 6.04 Å². The fourth-order valence-corrected chi connectivity index (χ4v) is 1.96. The van der Waals surface area contributed by atoms with E-state index in [9.17, 15) is 14.7 Å². The molecule has 0 aliphatic carbocycles. The quantitative estimate of drug-likeness (QED) is 0.522. The zero-order valence-electron chi connectivity index (χ0n) is 10.1. The molecule has 1 aromatic rings. The van der Waals surface area contributed by atoms with Crippen molar-refractivity contribution < 1.29 is 19.8 Å². The van der Waals surface area contributed by atoms with E-state index in [-0.39, 0.29) is 13.0 Å². The van der Waals surface area contributed by atoms with Crippen molar-refractivity contribution in [3.63, 3.8) is 0 Å². The summed E-state index contributed by atoms with van der Waals surface area (Å²) in [6.07, 6.45) is -0.799. The van der Waals surface area contributed by atoms with Crippen molar-refractivity contribution in [2.45, 2.75) is 31.5 Å². The van der Waals surface area contributed by atoms with Crippen molar-refractivity contribution in [1.29, 1.82) is 0 Å². The number of aromatic nitrogens is 4. The molecule has 1 unspecified atom stereocenters. The van der Waals surface area contributed by atoms with E-state index in [1.807, 2.05) is 0 Å². The molecule has 2 rings (SSSR count). The Morgan fingerprint density at radius 1 is 1.58 bits per heavy atom. The van der Waals surface area contributed by atoms with Crippen LogP contribution in [0, 0.1) is 0 Å². The summed E-state index contributed by atoms with van der Waals surface area (Å²) in [5.74, 6) is -0.848. The lowest BCUT2D eigenvalue weighted by Crippen LogP contribution is -2.46. The number of carbonyl (C=O) groups excluding carboxylic acids is 1. The summed E-state index contributed by atoms with van der Waals surface area (Å²) in [6.45, 7) is 1.63. The highest BCUT2D eigenvalue weighted by atomic mass is 16.4. The third kappa shape index (κ3) is 2.78. The lowest BCUT2D eigenvalue weighted by molar-refractivity contribution is -0.141. The van der Waals surface area contributed by atoms with Crippen LogP contribution >= 0.6 is 0 Å². The number of H-pyrrole nitrogens is 1. The van der Waals surface area contributed by atoms with Gasteiger partial charge < -0.3 is 20.4 Å². The van der Waals surface area contributed by atoms with Crippen LogP contribution in [0.15, 0.2) is 0 Å². The highest BCUT2D eigenvalue weighted by Gasteiger charge is 2.39. The van der Waals surface area contributed by atoms with Crippen molar-refractivity contribution in [2.75, 3.05) is 6.54 Å². The van der Waals surface area contributed by atoms with E-state index in [0.29, 0.717) is 5.82 Å². The average Bonchev–Trinajstić information content (AvgIpc) is 2.96. The number of rotatable bonds is 3. The summed E-state index contributed by atoms with van der Waals surface area (Å²) in [5, 5.41) is 34.1. The van der Waals surface area contributed by atoms with Gasteiger partial charge in [-0.15, -0.1) is 10.2 Å². The summed E-state index contributed by atoms with van der Waals surface area (Å²) in [4.78, 5) is 24.1. The van der Waals surface area contributed by atoms with Gasteiger partial charge in [-0.1, -0.05) is 5.21 Å². The smallest absolute Gasteiger partial charge is 0.326 e. The number of likely N-dealkylation sites (tertiary alicyclic amines) is 1. The van der Waals surface area contributed by atoms with Gasteiger partial charge in [-0.2, -0.15) is 5.21 Å². The number of β-amino-alcohol motifs (C(OH)–C–C–N with tert-alkyl or cyclic N) is 1. The second-order valence-corrected chi connectivity index (χ2v) is 4.34. The number of tetrazole rings is 1. The number of aliphatic hydroxyl groups excluding tert-OH is 1. The van der Waals surface area contributed by atoms with Gasteiger partial charge in [0.25, 0.3) is 0 Å². The first-order valence-electron chi connectivity index (χ1n) is 5.70. The predicted octanol–water partition coefficient (Wildman–Crippen LogP) is -1.51. The second-order valence-electron chi connectivity index (χ2n) is 4.34. The Hall–Kier alpha value is -2.23. The summed E-state index contributed by atoms with van der Waals surface area (Å²) < 4.78 is 0. The first-order chi connectivity index (χ1) is 8.99. The average molecular weight is 270 g/mol. The van der Waals surface area contributed by atoms with Crippen molar-refractivity contribution in [3.8, 4) is 0 Å². The maximum atomic E-state index is 12.0. The van der Waals surface area contributed by atoms with Gasteiger partial charge in [0.15, 0.2) is 5.82 Å². The van der Waals surface area contributed by atoms with E-state index in [4.69, 9.17) is 5.11 Å². The topological polar surface area (TPSA) is 144 Å². The van der Waals surface area contributed by atoms with Crippen LogP contribution in [0.3, 0.4) is 0 Å². The second kappa shape index (κ2) is 5.18. The standard InChI is InChI=1S/C9H14N6O4/c1-4(7-11-13-14-12-7)10-9(19)15-3-5(16)2-6(15)8(17)18/h4-6,16H,2-3H2,1H3,(H,10,19)(H,17,18)(H,11,12,13,14)/t4?,5-,6-/m1/s1. The molecular weight excluding hydrogens is 256 g/mol. The van der Waals surface area contributed by atoms with Gasteiger partial charge >= 0.3 is 12.0 Å². The van der Waals surface area contributed by atoms with Gasteiger partial charge in [-0.3, -0.25) is 0 Å². The molecule has 3 atom stereocenters. The Morgan fingerprint density at radius 2 is 2.32 bits per heavy atom. The van der Waals surface area contributed by atoms with Crippen LogP contribution in [0.5, 0.6) is 0 Å². The Bertz CT molecular complexity index is 463. The highest BCUT2D eigenvalue weighted by molar-refractivity contribution is 5.83. The van der Waals surface area contributed by atoms with E-state index >= 15 is 0 Å². The number of amides is 2. The fraction of sp³-hybridized carbons (Fsp3) is 0.667. The number of nitrogens with zero attached hydrogens (tertiary/aromatic N) is 4. The van der Waals surface area contributed by atoms with Gasteiger partial charge in [0, 0.05) is 13.0 Å². The van der Waals surface area contributed by atoms with Gasteiger partial charge in [0.2, 0.25) is 0 Å². The normalized spacial score (nSPS) is 24.2. The monoisotopic (exact) mass is 270 g/mol. The fourth-order valence-electron chi connectivity index (χ4n) is 1.96. The Balaban J connectivity index is 2.01. The maximum Gasteiger partial charge on any atom is 0.326 e. The van der Waals surface area contributed by atoms with E-state index in [1.165, 1.54) is 0 Å². The molecule has 2 heterocycles. The third-order valence-electron chi connectivity index (χ3n) is 2.91. The number of carboxylic acids is 1. The molecule has 10 heteroatoms. The zero-order valence-corrected chi connectivity index (χ0v) is 10.1. The van der Waals surface area contributed by atoms with Crippen LogP contribution in [0.1, 0.15) is 25.2 Å². The largest absolute Gasteiger partial charge is 0.480 e. The molecule has 2 amide bonds. The van der Waals surface area contributed by atoms with E-state index < -0.39 is 30.2 Å². The zero-order chi connectivity index (χ0) is 14.0. The molecule has 0 saturated carbocycles. The number of aliphatic carboxylic acids is 1. The molecule has 0 radical (unpaired) electrons. The minimum Gasteiger partial charge on any atom is -0.480 e. The van der Waals surface area contributed by atoms with Crippen molar-refractivity contribution in [2.24, 2.45) is 0 Å². The Kier molecular flexibility index (Phi) is 3.60. The van der Waals surface area contributed by atoms with E-state index in [1.54, 1.807) is 6.92 Å². The Labute approximate surface area is 107 Å². The van der Waals surface area contributed by atoms with Crippen LogP contribution in [-0.4, -0.2) is 66.4 Å². The molecule has 0 aromatic carbocycles. The molecule has 0 spiro atoms. The first-order valence-corrected chi connectivity index (χ1v) is 5.70. The van der Waals surface area contributed by atoms with Crippen LogP contribution in [0.2, 0.25) is 0 Å². The third-order valence-corrected chi connectivity index (χ3v) is 2.91. The molecule has 1 saturated heterocycles. The summed E-state index contributed by atoms with van der Waals surface area (Å²) in [7, 11) is 0. The number of carbonyl (C=O) groups is 2. The molecule has 10 nitrogen and oxygen atoms in total. The number of carboxylic acid groups (broad SMARTS) is 1. The summed E-state index contributed by atoms with van der Waals surface area (Å²) in [6, 6.07) is -2.12. The predicted molar refractivity (Wildman–Crippen MR) is 59.9 cm³/mol. The number of nitrogens with one attached hydrogen (secondary N) is 2. The molecule has 1 aromatic heterocycles. The molecule has 104 valence electrons. The van der Waals surface area contributed by atoms with E-state index in [0.717, 1.165) is 4.90 Å². The molecule has 4 N–H and O–H groups in total. The summed E-state index contributed by atoms with van der Waals surface area (Å²) >= 11 is 0. The van der Waals surface area contributed by atoms with Crippen LogP contribution in [-0.2, 0) is 4.79 Å². The number of urea groups is 1. The van der Waals surface area contributed by atoms with E-state index in [2.05, 4.69) is 25.9 Å². The number of aliphatic hydroxyl groups is 1. The first kappa shape index (κ1) is 13.2. The molecular formula is C9H14N6O4. The SMILES string of the molecule is CC(NC(=O)N1C[C@H](O)C[C@@H]1C(=O)O)c1nn[nH]n1. The Morgan fingerprint density at radius 3 is 2.89 bits per heavy atom. The number of hydrogen-bond donors (Lipinski definition) is 4. The number of aromatic amines is 1. The molecule has 1 aliphatic rings. The van der Waals surface area contributed by atoms with Gasteiger partial charge in [-0.05, 0) is 6.92 Å². The minimum atomic E-state index is -1.14. The van der Waals surface area contributed by atoms with Crippen molar-refractivity contribution in [1.82, 2.24) is 30.8 Å². The van der Waals surface area contributed by atoms with Crippen molar-refractivity contribution >= 4 is 12.0 Å². The molecule has 19 heavy (non-hydrogen) atoms. The van der Waals surface area contributed by atoms with Crippen LogP contribution in [0.4, 0.5) is 4.79 Å².